The fourth-order valence-corrected chi connectivity index (χ4v) is 6.75. The van der Waals surface area contributed by atoms with E-state index >= 15 is 0 Å². The van der Waals surface area contributed by atoms with Gasteiger partial charge in [-0.05, 0) is 63.7 Å². The summed E-state index contributed by atoms with van der Waals surface area (Å²) < 4.78 is 35.1. The van der Waals surface area contributed by atoms with Gasteiger partial charge in [0.05, 0.1) is 19.0 Å². The normalized spacial score (nSPS) is 32.7. The molecule has 3 aliphatic heterocycles. The topological polar surface area (TPSA) is 91.0 Å². The van der Waals surface area contributed by atoms with Gasteiger partial charge in [0.1, 0.15) is 17.7 Å². The SMILES string of the molecule is O=C1CCC(c2c(F)cc(N3CC(OC(=O)NC45CC(N6CCCCC6)(C4)C5)C3)cc2F)C(=O)N1. The van der Waals surface area contributed by atoms with E-state index in [0.29, 0.717) is 18.8 Å². The van der Waals surface area contributed by atoms with Crippen molar-refractivity contribution >= 4 is 23.6 Å². The molecule has 6 fully saturated rings. The molecule has 1 aromatic carbocycles. The minimum atomic E-state index is -1.02. The predicted molar refractivity (Wildman–Crippen MR) is 122 cm³/mol. The maximum atomic E-state index is 14.8. The monoisotopic (exact) mass is 488 g/mol. The fourth-order valence-electron chi connectivity index (χ4n) is 6.75. The van der Waals surface area contributed by atoms with Gasteiger partial charge in [0.2, 0.25) is 11.8 Å². The van der Waals surface area contributed by atoms with Crippen LogP contribution in [0.1, 0.15) is 62.8 Å². The smallest absolute Gasteiger partial charge is 0.407 e. The van der Waals surface area contributed by atoms with E-state index < -0.39 is 35.5 Å². The molecule has 0 spiro atoms. The van der Waals surface area contributed by atoms with Gasteiger partial charge in [-0.25, -0.2) is 13.6 Å². The van der Waals surface area contributed by atoms with Gasteiger partial charge < -0.3 is 15.0 Å². The van der Waals surface area contributed by atoms with Crippen LogP contribution in [-0.4, -0.2) is 66.2 Å². The van der Waals surface area contributed by atoms with E-state index in [9.17, 15) is 23.2 Å². The standard InChI is InChI=1S/C25H30F2N4O4/c26-18-8-15(9-19(27)21(18)17-4-5-20(32)28-22(17)33)30-10-16(11-30)35-23(34)29-24-12-25(13-24,14-24)31-6-2-1-3-7-31/h8-9,16-17H,1-7,10-14H2,(H,29,34)(H,28,32,33). The number of hydrogen-bond acceptors (Lipinski definition) is 6. The van der Waals surface area contributed by atoms with Crippen LogP contribution in [0.5, 0.6) is 0 Å². The van der Waals surface area contributed by atoms with Crippen molar-refractivity contribution in [3.05, 3.63) is 29.3 Å². The van der Waals surface area contributed by atoms with Gasteiger partial charge in [-0.2, -0.15) is 0 Å². The number of hydrogen-bond donors (Lipinski definition) is 2. The van der Waals surface area contributed by atoms with Gasteiger partial charge in [0.25, 0.3) is 0 Å². The third kappa shape index (κ3) is 3.86. The zero-order valence-corrected chi connectivity index (χ0v) is 19.6. The number of ether oxygens (including phenoxy) is 1. The van der Waals surface area contributed by atoms with Crippen molar-refractivity contribution in [3.63, 3.8) is 0 Å². The van der Waals surface area contributed by atoms with Crippen LogP contribution in [0.4, 0.5) is 19.3 Å². The zero-order valence-electron chi connectivity index (χ0n) is 19.6. The Morgan fingerprint density at radius 3 is 2.34 bits per heavy atom. The number of alkyl carbamates (subject to hydrolysis) is 1. The minimum Gasteiger partial charge on any atom is -0.442 e. The van der Waals surface area contributed by atoms with Crippen molar-refractivity contribution in [2.75, 3.05) is 31.1 Å². The molecule has 2 bridgehead atoms. The van der Waals surface area contributed by atoms with Crippen LogP contribution in [0, 0.1) is 11.6 Å². The summed E-state index contributed by atoms with van der Waals surface area (Å²) >= 11 is 0. The molecule has 1 aromatic rings. The van der Waals surface area contributed by atoms with E-state index in [1.807, 2.05) is 0 Å². The van der Waals surface area contributed by atoms with Crippen LogP contribution in [0.2, 0.25) is 0 Å². The molecule has 3 saturated carbocycles. The van der Waals surface area contributed by atoms with E-state index in [1.165, 1.54) is 31.4 Å². The molecule has 3 heterocycles. The highest BCUT2D eigenvalue weighted by Crippen LogP contribution is 2.63. The van der Waals surface area contributed by atoms with Crippen molar-refractivity contribution in [2.45, 2.75) is 74.5 Å². The summed E-state index contributed by atoms with van der Waals surface area (Å²) in [5.74, 6) is -3.77. The molecule has 0 aromatic heterocycles. The first-order chi connectivity index (χ1) is 16.8. The molecule has 8 nitrogen and oxygen atoms in total. The van der Waals surface area contributed by atoms with Crippen molar-refractivity contribution in [1.29, 1.82) is 0 Å². The number of carbonyl (C=O) groups is 3. The van der Waals surface area contributed by atoms with Crippen molar-refractivity contribution in [2.24, 2.45) is 0 Å². The minimum absolute atomic E-state index is 0.0464. The first kappa shape index (κ1) is 22.7. The highest BCUT2D eigenvalue weighted by atomic mass is 19.1. The molecule has 10 heteroatoms. The van der Waals surface area contributed by atoms with E-state index in [-0.39, 0.29) is 35.6 Å². The van der Waals surface area contributed by atoms with E-state index in [0.717, 1.165) is 32.4 Å². The molecule has 0 radical (unpaired) electrons. The Labute approximate surface area is 202 Å². The van der Waals surface area contributed by atoms with Crippen molar-refractivity contribution < 1.29 is 27.9 Å². The van der Waals surface area contributed by atoms with Crippen LogP contribution >= 0.6 is 0 Å². The van der Waals surface area contributed by atoms with Crippen LogP contribution in [0.25, 0.3) is 0 Å². The van der Waals surface area contributed by atoms with E-state index in [4.69, 9.17) is 4.74 Å². The third-order valence-corrected chi connectivity index (χ3v) is 8.53. The van der Waals surface area contributed by atoms with Gasteiger partial charge in [-0.3, -0.25) is 19.8 Å². The number of nitrogens with one attached hydrogen (secondary N) is 2. The molecule has 3 aliphatic carbocycles. The lowest BCUT2D eigenvalue weighted by Crippen LogP contribution is -2.84. The summed E-state index contributed by atoms with van der Waals surface area (Å²) in [5, 5.41) is 5.19. The zero-order chi connectivity index (χ0) is 24.4. The largest absolute Gasteiger partial charge is 0.442 e. The molecule has 3 amide bonds. The molecule has 2 N–H and O–H groups in total. The van der Waals surface area contributed by atoms with Gasteiger partial charge in [-0.15, -0.1) is 0 Å². The number of rotatable bonds is 5. The first-order valence-electron chi connectivity index (χ1n) is 12.6. The van der Waals surface area contributed by atoms with Crippen LogP contribution < -0.4 is 15.5 Å². The van der Waals surface area contributed by atoms with Crippen molar-refractivity contribution in [1.82, 2.24) is 15.5 Å². The molecule has 1 atom stereocenters. The number of nitrogens with zero attached hydrogens (tertiary/aromatic N) is 2. The Hall–Kier alpha value is -2.75. The highest BCUT2D eigenvalue weighted by Gasteiger charge is 2.70. The van der Waals surface area contributed by atoms with Crippen LogP contribution in [0.3, 0.4) is 0 Å². The van der Waals surface area contributed by atoms with Gasteiger partial charge in [-0.1, -0.05) is 6.42 Å². The lowest BCUT2D eigenvalue weighted by atomic mass is 9.43. The molecule has 3 saturated heterocycles. The number of halogens is 2. The summed E-state index contributed by atoms with van der Waals surface area (Å²) in [4.78, 5) is 40.1. The quantitative estimate of drug-likeness (QED) is 0.620. The predicted octanol–water partition coefficient (Wildman–Crippen LogP) is 2.56. The van der Waals surface area contributed by atoms with Gasteiger partial charge >= 0.3 is 6.09 Å². The Morgan fingerprint density at radius 1 is 1.06 bits per heavy atom. The summed E-state index contributed by atoms with van der Waals surface area (Å²) in [5.41, 5.74) is 0.178. The van der Waals surface area contributed by atoms with Crippen LogP contribution in [0.15, 0.2) is 12.1 Å². The summed E-state index contributed by atoms with van der Waals surface area (Å²) in [6.07, 6.45) is 6.15. The number of piperidine rings is 2. The Kier molecular flexibility index (Phi) is 5.28. The second-order valence-electron chi connectivity index (χ2n) is 11.0. The van der Waals surface area contributed by atoms with Crippen LogP contribution in [-0.2, 0) is 14.3 Å². The number of anilines is 1. The van der Waals surface area contributed by atoms with E-state index in [2.05, 4.69) is 15.5 Å². The molecule has 1 unspecified atom stereocenters. The van der Waals surface area contributed by atoms with Crippen molar-refractivity contribution in [3.8, 4) is 0 Å². The molecule has 6 aliphatic rings. The molecule has 35 heavy (non-hydrogen) atoms. The molecule has 188 valence electrons. The van der Waals surface area contributed by atoms with Gasteiger partial charge in [0.15, 0.2) is 0 Å². The third-order valence-electron chi connectivity index (χ3n) is 8.53. The second-order valence-corrected chi connectivity index (χ2v) is 11.0. The summed E-state index contributed by atoms with van der Waals surface area (Å²) in [7, 11) is 0. The number of benzene rings is 1. The fraction of sp³-hybridized carbons (Fsp3) is 0.640. The first-order valence-corrected chi connectivity index (χ1v) is 12.6. The Bertz CT molecular complexity index is 1040. The summed E-state index contributed by atoms with van der Waals surface area (Å²) in [6.45, 7) is 3.01. The van der Waals surface area contributed by atoms with Gasteiger partial charge in [0, 0.05) is 28.7 Å². The lowest BCUT2D eigenvalue weighted by molar-refractivity contribution is -0.180. The number of likely N-dealkylation sites (tertiary alicyclic amines) is 1. The average molecular weight is 489 g/mol. The number of carbonyl (C=O) groups excluding carboxylic acids is 3. The summed E-state index contributed by atoms with van der Waals surface area (Å²) in [6, 6.07) is 2.39. The Balaban J connectivity index is 0.994. The average Bonchev–Trinajstić information content (AvgIpc) is 2.73. The highest BCUT2D eigenvalue weighted by molar-refractivity contribution is 6.01. The second kappa shape index (κ2) is 8.15. The van der Waals surface area contributed by atoms with E-state index in [1.54, 1.807) is 4.90 Å². The maximum Gasteiger partial charge on any atom is 0.407 e. The molecular formula is C25H30F2N4O4. The molecule has 7 rings (SSSR count). The number of amides is 3. The lowest BCUT2D eigenvalue weighted by Gasteiger charge is -2.74. The Morgan fingerprint density at radius 2 is 1.71 bits per heavy atom. The maximum absolute atomic E-state index is 14.8. The molecular weight excluding hydrogens is 458 g/mol. The number of imide groups is 1.